The van der Waals surface area contributed by atoms with Crippen LogP contribution in [0.5, 0.6) is 0 Å². The number of hydrogen-bond donors (Lipinski definition) is 2. The number of imidazole rings is 1. The fourth-order valence-corrected chi connectivity index (χ4v) is 3.14. The second-order valence-corrected chi connectivity index (χ2v) is 6.30. The first kappa shape index (κ1) is 16.2. The van der Waals surface area contributed by atoms with Crippen molar-refractivity contribution in [2.45, 2.75) is 32.4 Å². The van der Waals surface area contributed by atoms with Gasteiger partial charge in [0.05, 0.1) is 18.7 Å². The van der Waals surface area contributed by atoms with Gasteiger partial charge < -0.3 is 9.72 Å². The van der Waals surface area contributed by atoms with Crippen molar-refractivity contribution in [3.8, 4) is 0 Å². The van der Waals surface area contributed by atoms with E-state index in [9.17, 15) is 4.39 Å². The molecule has 4 rings (SSSR count). The number of nitrogens with one attached hydrogen (secondary N) is 2. The van der Waals surface area contributed by atoms with Gasteiger partial charge in [0.15, 0.2) is 11.6 Å². The van der Waals surface area contributed by atoms with Crippen LogP contribution < -0.4 is 0 Å². The van der Waals surface area contributed by atoms with Gasteiger partial charge in [-0.3, -0.25) is 10.00 Å². The van der Waals surface area contributed by atoms with Crippen LogP contribution in [0.2, 0.25) is 0 Å². The average molecular weight is 344 g/mol. The number of morpholine rings is 1. The number of benzene rings is 1. The highest BCUT2D eigenvalue weighted by Gasteiger charge is 2.26. The van der Waals surface area contributed by atoms with Crippen molar-refractivity contribution < 1.29 is 9.13 Å². The van der Waals surface area contributed by atoms with Crippen LogP contribution in [-0.2, 0) is 17.7 Å². The Balaban J connectivity index is 1.45. The molecular formula is C17H21FN6O. The summed E-state index contributed by atoms with van der Waals surface area (Å²) in [6.45, 7) is 4.81. The molecule has 0 spiro atoms. The number of H-pyrrole nitrogens is 2. The first-order valence-electron chi connectivity index (χ1n) is 8.61. The molecule has 0 radical (unpaired) electrons. The van der Waals surface area contributed by atoms with E-state index in [1.165, 1.54) is 6.07 Å². The molecule has 1 aliphatic rings. The number of fused-ring (bicyclic) bond motifs is 1. The van der Waals surface area contributed by atoms with E-state index in [0.29, 0.717) is 31.0 Å². The maximum absolute atomic E-state index is 13.8. The van der Waals surface area contributed by atoms with Crippen molar-refractivity contribution in [1.29, 1.82) is 0 Å². The van der Waals surface area contributed by atoms with Crippen molar-refractivity contribution >= 4 is 11.0 Å². The van der Waals surface area contributed by atoms with Gasteiger partial charge in [0.25, 0.3) is 0 Å². The minimum absolute atomic E-state index is 0.156. The Morgan fingerprint density at radius 1 is 1.32 bits per heavy atom. The number of rotatable bonds is 5. The molecule has 1 aromatic carbocycles. The molecule has 2 N–H and O–H groups in total. The van der Waals surface area contributed by atoms with Crippen LogP contribution >= 0.6 is 0 Å². The molecule has 0 amide bonds. The van der Waals surface area contributed by atoms with Gasteiger partial charge in [-0.1, -0.05) is 13.0 Å². The topological polar surface area (TPSA) is 82.7 Å². The number of aryl methyl sites for hydroxylation is 1. The van der Waals surface area contributed by atoms with Gasteiger partial charge in [0.2, 0.25) is 0 Å². The highest BCUT2D eigenvalue weighted by Crippen LogP contribution is 2.21. The number of nitrogens with zero attached hydrogens (tertiary/aromatic N) is 4. The van der Waals surface area contributed by atoms with Crippen molar-refractivity contribution in [2.75, 3.05) is 19.7 Å². The third-order valence-electron chi connectivity index (χ3n) is 4.36. The second-order valence-electron chi connectivity index (χ2n) is 6.30. The quantitative estimate of drug-likeness (QED) is 0.742. The maximum atomic E-state index is 13.8. The number of ether oxygens (including phenoxy) is 1. The molecule has 3 heterocycles. The van der Waals surface area contributed by atoms with E-state index in [4.69, 9.17) is 4.74 Å². The Kier molecular flexibility index (Phi) is 4.46. The van der Waals surface area contributed by atoms with E-state index < -0.39 is 0 Å². The minimum atomic E-state index is -0.302. The monoisotopic (exact) mass is 344 g/mol. The molecule has 1 aliphatic heterocycles. The lowest BCUT2D eigenvalue weighted by Crippen LogP contribution is -2.38. The summed E-state index contributed by atoms with van der Waals surface area (Å²) in [5, 5.41) is 7.26. The Morgan fingerprint density at radius 2 is 2.24 bits per heavy atom. The molecule has 132 valence electrons. The van der Waals surface area contributed by atoms with Crippen molar-refractivity contribution in [3.05, 3.63) is 41.5 Å². The highest BCUT2D eigenvalue weighted by atomic mass is 19.1. The summed E-state index contributed by atoms with van der Waals surface area (Å²) in [5.74, 6) is 2.04. The predicted molar refractivity (Wildman–Crippen MR) is 90.4 cm³/mol. The molecule has 0 bridgehead atoms. The Labute approximate surface area is 144 Å². The zero-order valence-electron chi connectivity index (χ0n) is 14.1. The lowest BCUT2D eigenvalue weighted by molar-refractivity contribution is -0.0377. The molecular weight excluding hydrogens is 323 g/mol. The summed E-state index contributed by atoms with van der Waals surface area (Å²) in [6.07, 6.45) is 1.75. The van der Waals surface area contributed by atoms with Gasteiger partial charge in [0, 0.05) is 19.5 Å². The Bertz CT molecular complexity index is 860. The van der Waals surface area contributed by atoms with Crippen LogP contribution in [0.3, 0.4) is 0 Å². The van der Waals surface area contributed by atoms with E-state index >= 15 is 0 Å². The van der Waals surface area contributed by atoms with Crippen molar-refractivity contribution in [2.24, 2.45) is 0 Å². The minimum Gasteiger partial charge on any atom is -0.367 e. The van der Waals surface area contributed by atoms with Crippen LogP contribution in [0, 0.1) is 5.82 Å². The fourth-order valence-electron chi connectivity index (χ4n) is 3.14. The number of aromatic amines is 2. The summed E-state index contributed by atoms with van der Waals surface area (Å²) in [5.41, 5.74) is 1.11. The standard InChI is InChI=1S/C17H21FN6O/c1-2-4-14-21-17(23-22-14)13-9-24(7-8-25-13)10-15-19-12-6-3-5-11(18)16(12)20-15/h3,5-6,13H,2,4,7-10H2,1H3,(H,19,20)(H,21,22,23). The molecule has 1 fully saturated rings. The third kappa shape index (κ3) is 3.40. The third-order valence-corrected chi connectivity index (χ3v) is 4.36. The predicted octanol–water partition coefficient (Wildman–Crippen LogP) is 2.35. The maximum Gasteiger partial charge on any atom is 0.180 e. The Hall–Kier alpha value is -2.32. The van der Waals surface area contributed by atoms with Crippen LogP contribution in [0.1, 0.15) is 36.9 Å². The molecule has 0 saturated carbocycles. The van der Waals surface area contributed by atoms with Crippen LogP contribution in [0.15, 0.2) is 18.2 Å². The van der Waals surface area contributed by atoms with Crippen LogP contribution in [-0.4, -0.2) is 49.7 Å². The van der Waals surface area contributed by atoms with Gasteiger partial charge in [-0.2, -0.15) is 5.10 Å². The lowest BCUT2D eigenvalue weighted by atomic mass is 10.2. The SMILES string of the molecule is CCCc1nc(C2CN(Cc3nc4c(F)cccc4[nH]3)CCO2)n[nH]1. The Morgan fingerprint density at radius 3 is 3.08 bits per heavy atom. The number of aromatic nitrogens is 5. The molecule has 7 nitrogen and oxygen atoms in total. The molecule has 1 saturated heterocycles. The summed E-state index contributed by atoms with van der Waals surface area (Å²) in [7, 11) is 0. The average Bonchev–Trinajstić information content (AvgIpc) is 3.23. The fraction of sp³-hybridized carbons (Fsp3) is 0.471. The highest BCUT2D eigenvalue weighted by molar-refractivity contribution is 5.75. The summed E-state index contributed by atoms with van der Waals surface area (Å²) in [4.78, 5) is 14.3. The van der Waals surface area contributed by atoms with E-state index in [2.05, 4.69) is 37.0 Å². The van der Waals surface area contributed by atoms with E-state index in [1.807, 2.05) is 6.07 Å². The molecule has 1 atom stereocenters. The van der Waals surface area contributed by atoms with E-state index in [0.717, 1.165) is 36.6 Å². The molecule has 1 unspecified atom stereocenters. The summed E-state index contributed by atoms with van der Waals surface area (Å²) in [6, 6.07) is 4.94. The van der Waals surface area contributed by atoms with E-state index in [1.54, 1.807) is 6.07 Å². The molecule has 3 aromatic rings. The van der Waals surface area contributed by atoms with Gasteiger partial charge in [0.1, 0.15) is 23.3 Å². The second kappa shape index (κ2) is 6.89. The first-order valence-corrected chi connectivity index (χ1v) is 8.61. The zero-order valence-corrected chi connectivity index (χ0v) is 14.1. The molecule has 2 aromatic heterocycles. The van der Waals surface area contributed by atoms with Crippen molar-refractivity contribution in [3.63, 3.8) is 0 Å². The molecule has 25 heavy (non-hydrogen) atoms. The van der Waals surface area contributed by atoms with E-state index in [-0.39, 0.29) is 11.9 Å². The smallest absolute Gasteiger partial charge is 0.180 e. The number of para-hydroxylation sites is 1. The number of halogens is 1. The van der Waals surface area contributed by atoms with Gasteiger partial charge in [-0.15, -0.1) is 0 Å². The summed E-state index contributed by atoms with van der Waals surface area (Å²) >= 11 is 0. The van der Waals surface area contributed by atoms with Gasteiger partial charge >= 0.3 is 0 Å². The largest absolute Gasteiger partial charge is 0.367 e. The number of hydrogen-bond acceptors (Lipinski definition) is 5. The normalized spacial score (nSPS) is 18.9. The van der Waals surface area contributed by atoms with Crippen LogP contribution in [0.4, 0.5) is 4.39 Å². The zero-order chi connectivity index (χ0) is 17.2. The van der Waals surface area contributed by atoms with Gasteiger partial charge in [-0.25, -0.2) is 14.4 Å². The lowest BCUT2D eigenvalue weighted by Gasteiger charge is -2.30. The van der Waals surface area contributed by atoms with Crippen LogP contribution in [0.25, 0.3) is 11.0 Å². The molecule has 0 aliphatic carbocycles. The van der Waals surface area contributed by atoms with Gasteiger partial charge in [-0.05, 0) is 18.6 Å². The first-order chi connectivity index (χ1) is 12.2. The van der Waals surface area contributed by atoms with Crippen molar-refractivity contribution in [1.82, 2.24) is 30.0 Å². The summed E-state index contributed by atoms with van der Waals surface area (Å²) < 4.78 is 19.6. The molecule has 8 heteroatoms.